The number of benzene rings is 2. The molecule has 5 nitrogen and oxygen atoms in total. The number of anilines is 1. The highest BCUT2D eigenvalue weighted by molar-refractivity contribution is 6.04. The second-order valence-corrected chi connectivity index (χ2v) is 4.25. The van der Waals surface area contributed by atoms with E-state index in [0.717, 1.165) is 11.0 Å². The number of hydrogen-bond donors (Lipinski definition) is 2. The van der Waals surface area contributed by atoms with Gasteiger partial charge in [-0.2, -0.15) is 5.26 Å². The third-order valence-electron chi connectivity index (χ3n) is 2.88. The van der Waals surface area contributed by atoms with Crippen molar-refractivity contribution in [2.45, 2.75) is 0 Å². The molecule has 1 aromatic heterocycles. The molecule has 0 saturated carbocycles. The monoisotopic (exact) mass is 262 g/mol. The van der Waals surface area contributed by atoms with Crippen molar-refractivity contribution in [2.24, 2.45) is 0 Å². The van der Waals surface area contributed by atoms with Crippen molar-refractivity contribution in [3.8, 4) is 6.07 Å². The summed E-state index contributed by atoms with van der Waals surface area (Å²) in [5, 5.41) is 11.5. The molecule has 1 amide bonds. The molecule has 3 aromatic rings. The molecule has 0 radical (unpaired) electrons. The van der Waals surface area contributed by atoms with Gasteiger partial charge in [-0.25, -0.2) is 4.98 Å². The third kappa shape index (κ3) is 2.22. The first-order chi connectivity index (χ1) is 9.76. The number of nitriles is 1. The summed E-state index contributed by atoms with van der Waals surface area (Å²) in [6, 6.07) is 16.0. The first kappa shape index (κ1) is 11.9. The summed E-state index contributed by atoms with van der Waals surface area (Å²) in [4.78, 5) is 19.4. The van der Waals surface area contributed by atoms with E-state index in [1.54, 1.807) is 18.2 Å². The zero-order valence-corrected chi connectivity index (χ0v) is 10.4. The van der Waals surface area contributed by atoms with Crippen molar-refractivity contribution in [3.63, 3.8) is 0 Å². The molecule has 3 rings (SSSR count). The minimum Gasteiger partial charge on any atom is -0.324 e. The lowest BCUT2D eigenvalue weighted by atomic mass is 10.1. The van der Waals surface area contributed by atoms with Crippen LogP contribution in [-0.4, -0.2) is 15.9 Å². The zero-order valence-electron chi connectivity index (χ0n) is 10.4. The molecule has 2 N–H and O–H groups in total. The smallest absolute Gasteiger partial charge is 0.258 e. The Kier molecular flexibility index (Phi) is 2.90. The normalized spacial score (nSPS) is 10.2. The Morgan fingerprint density at radius 1 is 1.20 bits per heavy atom. The van der Waals surface area contributed by atoms with Crippen LogP contribution in [0, 0.1) is 11.3 Å². The molecule has 0 aliphatic rings. The van der Waals surface area contributed by atoms with Crippen LogP contribution < -0.4 is 5.32 Å². The zero-order chi connectivity index (χ0) is 13.9. The summed E-state index contributed by atoms with van der Waals surface area (Å²) in [6.45, 7) is 0. The minimum atomic E-state index is -0.304. The Balaban J connectivity index is 1.86. The van der Waals surface area contributed by atoms with Crippen LogP contribution >= 0.6 is 0 Å². The van der Waals surface area contributed by atoms with E-state index >= 15 is 0 Å². The van der Waals surface area contributed by atoms with E-state index in [1.807, 2.05) is 30.3 Å². The number of nitrogens with one attached hydrogen (secondary N) is 2. The average Bonchev–Trinajstić information content (AvgIpc) is 2.89. The number of amides is 1. The Morgan fingerprint density at radius 3 is 2.85 bits per heavy atom. The number of imidazole rings is 1. The van der Waals surface area contributed by atoms with Crippen LogP contribution in [0.4, 0.5) is 5.95 Å². The van der Waals surface area contributed by atoms with Gasteiger partial charge in [-0.15, -0.1) is 0 Å². The first-order valence-corrected chi connectivity index (χ1v) is 6.02. The average molecular weight is 262 g/mol. The van der Waals surface area contributed by atoms with Crippen molar-refractivity contribution in [2.75, 3.05) is 5.32 Å². The maximum Gasteiger partial charge on any atom is 0.258 e. The summed E-state index contributed by atoms with van der Waals surface area (Å²) < 4.78 is 0. The predicted octanol–water partition coefficient (Wildman–Crippen LogP) is 2.69. The van der Waals surface area contributed by atoms with Gasteiger partial charge in [-0.05, 0) is 30.3 Å². The highest BCUT2D eigenvalue weighted by Crippen LogP contribution is 2.14. The van der Waals surface area contributed by atoms with Crippen molar-refractivity contribution in [1.82, 2.24) is 9.97 Å². The van der Waals surface area contributed by atoms with Gasteiger partial charge in [0.25, 0.3) is 5.91 Å². The maximum atomic E-state index is 12.1. The highest BCUT2D eigenvalue weighted by Gasteiger charge is 2.09. The van der Waals surface area contributed by atoms with Gasteiger partial charge in [0, 0.05) is 5.56 Å². The van der Waals surface area contributed by atoms with Crippen LogP contribution in [0.1, 0.15) is 15.9 Å². The molecule has 1 heterocycles. The van der Waals surface area contributed by atoms with E-state index in [-0.39, 0.29) is 5.91 Å². The number of carbonyl (C=O) groups is 1. The largest absolute Gasteiger partial charge is 0.324 e. The van der Waals surface area contributed by atoms with Crippen molar-refractivity contribution in [3.05, 3.63) is 59.7 Å². The Hall–Kier alpha value is -3.13. The summed E-state index contributed by atoms with van der Waals surface area (Å²) in [5.41, 5.74) is 2.51. The fourth-order valence-corrected chi connectivity index (χ4v) is 1.92. The van der Waals surface area contributed by atoms with Crippen LogP contribution in [0.25, 0.3) is 11.0 Å². The predicted molar refractivity (Wildman–Crippen MR) is 75.2 cm³/mol. The van der Waals surface area contributed by atoms with Gasteiger partial charge in [0.05, 0.1) is 22.7 Å². The SMILES string of the molecule is N#Cc1cccc(C(=O)Nc2nc3ccccc3[nH]2)c1. The molecule has 0 fully saturated rings. The number of H-pyrrole nitrogens is 1. The number of para-hydroxylation sites is 2. The molecule has 0 aliphatic heterocycles. The van der Waals surface area contributed by atoms with Gasteiger partial charge in [0.15, 0.2) is 0 Å². The molecule has 0 saturated heterocycles. The lowest BCUT2D eigenvalue weighted by molar-refractivity contribution is 0.102. The molecule has 5 heteroatoms. The van der Waals surface area contributed by atoms with Gasteiger partial charge in [-0.1, -0.05) is 18.2 Å². The van der Waals surface area contributed by atoms with Gasteiger partial charge in [0.2, 0.25) is 5.95 Å². The summed E-state index contributed by atoms with van der Waals surface area (Å²) >= 11 is 0. The van der Waals surface area contributed by atoms with Gasteiger partial charge in [-0.3, -0.25) is 10.1 Å². The van der Waals surface area contributed by atoms with E-state index in [0.29, 0.717) is 17.1 Å². The van der Waals surface area contributed by atoms with Crippen molar-refractivity contribution in [1.29, 1.82) is 5.26 Å². The number of hydrogen-bond acceptors (Lipinski definition) is 3. The van der Waals surface area contributed by atoms with Crippen LogP contribution in [0.2, 0.25) is 0 Å². The van der Waals surface area contributed by atoms with E-state index in [9.17, 15) is 4.79 Å². The lowest BCUT2D eigenvalue weighted by Gasteiger charge is -2.01. The molecule has 96 valence electrons. The van der Waals surface area contributed by atoms with E-state index in [4.69, 9.17) is 5.26 Å². The molecule has 0 unspecified atom stereocenters. The van der Waals surface area contributed by atoms with Crippen LogP contribution in [-0.2, 0) is 0 Å². The van der Waals surface area contributed by atoms with Gasteiger partial charge >= 0.3 is 0 Å². The number of aromatic amines is 1. The molecular weight excluding hydrogens is 252 g/mol. The molecule has 20 heavy (non-hydrogen) atoms. The number of fused-ring (bicyclic) bond motifs is 1. The molecule has 2 aromatic carbocycles. The highest BCUT2D eigenvalue weighted by atomic mass is 16.1. The third-order valence-corrected chi connectivity index (χ3v) is 2.88. The van der Waals surface area contributed by atoms with E-state index in [2.05, 4.69) is 15.3 Å². The number of rotatable bonds is 2. The van der Waals surface area contributed by atoms with E-state index in [1.165, 1.54) is 6.07 Å². The van der Waals surface area contributed by atoms with Crippen LogP contribution in [0.3, 0.4) is 0 Å². The number of aromatic nitrogens is 2. The molecule has 0 spiro atoms. The number of carbonyl (C=O) groups excluding carboxylic acids is 1. The summed E-state index contributed by atoms with van der Waals surface area (Å²) in [5.74, 6) is 0.0831. The fraction of sp³-hybridized carbons (Fsp3) is 0. The summed E-state index contributed by atoms with van der Waals surface area (Å²) in [6.07, 6.45) is 0. The molecule has 0 atom stereocenters. The van der Waals surface area contributed by atoms with Crippen LogP contribution in [0.15, 0.2) is 48.5 Å². The Bertz CT molecular complexity index is 796. The van der Waals surface area contributed by atoms with Gasteiger partial charge in [0.1, 0.15) is 0 Å². The van der Waals surface area contributed by atoms with Crippen molar-refractivity contribution < 1.29 is 4.79 Å². The minimum absolute atomic E-state index is 0.304. The topological polar surface area (TPSA) is 81.6 Å². The van der Waals surface area contributed by atoms with Crippen LogP contribution in [0.5, 0.6) is 0 Å². The van der Waals surface area contributed by atoms with Crippen molar-refractivity contribution >= 4 is 22.9 Å². The Labute approximate surface area is 114 Å². The molecular formula is C15H10N4O. The fourth-order valence-electron chi connectivity index (χ4n) is 1.92. The standard InChI is InChI=1S/C15H10N4O/c16-9-10-4-3-5-11(8-10)14(20)19-15-17-12-6-1-2-7-13(12)18-15/h1-8H,(H2,17,18,19,20). The molecule has 0 aliphatic carbocycles. The second-order valence-electron chi connectivity index (χ2n) is 4.25. The lowest BCUT2D eigenvalue weighted by Crippen LogP contribution is -2.12. The first-order valence-electron chi connectivity index (χ1n) is 6.02. The van der Waals surface area contributed by atoms with Gasteiger partial charge < -0.3 is 4.98 Å². The summed E-state index contributed by atoms with van der Waals surface area (Å²) in [7, 11) is 0. The second kappa shape index (κ2) is 4.86. The maximum absolute atomic E-state index is 12.1. The van der Waals surface area contributed by atoms with E-state index < -0.39 is 0 Å². The molecule has 0 bridgehead atoms. The Morgan fingerprint density at radius 2 is 2.05 bits per heavy atom. The quantitative estimate of drug-likeness (QED) is 0.745. The number of nitrogens with zero attached hydrogens (tertiary/aromatic N) is 2.